The third kappa shape index (κ3) is 4.40. The summed E-state index contributed by atoms with van der Waals surface area (Å²) in [5.41, 5.74) is 0.651. The number of hydrogen-bond acceptors (Lipinski definition) is 6. The van der Waals surface area contributed by atoms with Crippen molar-refractivity contribution in [2.24, 2.45) is 11.8 Å². The average molecular weight is 351 g/mol. The molecule has 3 rings (SSSR count). The van der Waals surface area contributed by atoms with E-state index >= 15 is 0 Å². The van der Waals surface area contributed by atoms with Crippen molar-refractivity contribution in [1.29, 1.82) is 0 Å². The minimum Gasteiger partial charge on any atom is -0.435 e. The summed E-state index contributed by atoms with van der Waals surface area (Å²) in [5, 5.41) is 9.67. The van der Waals surface area contributed by atoms with Gasteiger partial charge in [0.2, 0.25) is 5.76 Å². The lowest BCUT2D eigenvalue weighted by molar-refractivity contribution is 0.0123. The maximum atomic E-state index is 12.9. The molecule has 0 bridgehead atoms. The first kappa shape index (κ1) is 18.4. The van der Waals surface area contributed by atoms with Gasteiger partial charge >= 0.3 is 0 Å². The minimum absolute atomic E-state index is 0.102. The number of carbonyl (C=O) groups excluding carboxylic acids is 1. The van der Waals surface area contributed by atoms with Crippen LogP contribution < -0.4 is 0 Å². The number of aliphatic hydroxyl groups is 1. The van der Waals surface area contributed by atoms with E-state index in [9.17, 15) is 9.90 Å². The average Bonchev–Trinajstić information content (AvgIpc) is 3.02. The van der Waals surface area contributed by atoms with Crippen LogP contribution in [0.5, 0.6) is 0 Å². The fourth-order valence-corrected chi connectivity index (χ4v) is 3.84. The molecule has 2 saturated heterocycles. The summed E-state index contributed by atoms with van der Waals surface area (Å²) in [6, 6.07) is 0. The minimum atomic E-state index is -0.102. The second-order valence-electron chi connectivity index (χ2n) is 7.15. The Morgan fingerprint density at radius 3 is 2.64 bits per heavy atom. The van der Waals surface area contributed by atoms with Crippen molar-refractivity contribution in [2.75, 3.05) is 52.5 Å². The predicted octanol–water partition coefficient (Wildman–Crippen LogP) is 0.948. The van der Waals surface area contributed by atoms with Crippen molar-refractivity contribution in [3.05, 3.63) is 17.3 Å². The Kier molecular flexibility index (Phi) is 6.09. The molecule has 7 heteroatoms. The summed E-state index contributed by atoms with van der Waals surface area (Å²) >= 11 is 0. The summed E-state index contributed by atoms with van der Waals surface area (Å²) in [6.07, 6.45) is 1.63. The Morgan fingerprint density at radius 2 is 2.00 bits per heavy atom. The largest absolute Gasteiger partial charge is 0.435 e. The topological polar surface area (TPSA) is 79.0 Å². The second kappa shape index (κ2) is 8.29. The van der Waals surface area contributed by atoms with Crippen LogP contribution in [0, 0.1) is 18.8 Å². The number of likely N-dealkylation sites (tertiary alicyclic amines) is 1. The van der Waals surface area contributed by atoms with Crippen LogP contribution in [0.1, 0.15) is 35.5 Å². The zero-order valence-electron chi connectivity index (χ0n) is 15.2. The molecule has 1 aromatic rings. The molecule has 2 aliphatic rings. The molecule has 0 saturated carbocycles. The van der Waals surface area contributed by atoms with Crippen LogP contribution in [0.3, 0.4) is 0 Å². The third-order valence-electron chi connectivity index (χ3n) is 5.13. The van der Waals surface area contributed by atoms with E-state index in [1.54, 1.807) is 0 Å². The number of aliphatic hydroxyl groups excluding tert-OH is 1. The number of rotatable bonds is 5. The van der Waals surface area contributed by atoms with E-state index in [-0.39, 0.29) is 18.4 Å². The first-order valence-electron chi connectivity index (χ1n) is 9.27. The number of morpholine rings is 1. The van der Waals surface area contributed by atoms with E-state index in [2.05, 4.69) is 9.88 Å². The molecule has 0 unspecified atom stereocenters. The smallest absolute Gasteiger partial charge is 0.291 e. The van der Waals surface area contributed by atoms with Gasteiger partial charge in [-0.25, -0.2) is 4.98 Å². The van der Waals surface area contributed by atoms with Gasteiger partial charge in [-0.3, -0.25) is 9.69 Å². The van der Waals surface area contributed by atoms with E-state index in [1.165, 1.54) is 0 Å². The molecular weight excluding hydrogens is 322 g/mol. The summed E-state index contributed by atoms with van der Waals surface area (Å²) in [4.78, 5) is 21.5. The van der Waals surface area contributed by atoms with Gasteiger partial charge in [-0.1, -0.05) is 6.92 Å². The van der Waals surface area contributed by atoms with Crippen LogP contribution >= 0.6 is 0 Å². The van der Waals surface area contributed by atoms with Crippen molar-refractivity contribution >= 4 is 5.91 Å². The fourth-order valence-electron chi connectivity index (χ4n) is 3.84. The molecular formula is C18H29N3O4. The van der Waals surface area contributed by atoms with Crippen molar-refractivity contribution in [2.45, 2.75) is 26.7 Å². The standard InChI is InChI=1S/C18H29N3O4/c1-3-16-19-13(2)17(25-16)18(23)21-10-14(8-15(11-21)12-22)9-20-4-6-24-7-5-20/h14-15,22H,3-12H2,1-2H3/t14-,15+/m1/s1. The number of hydrogen-bond donors (Lipinski definition) is 1. The van der Waals surface area contributed by atoms with Crippen molar-refractivity contribution < 1.29 is 19.1 Å². The van der Waals surface area contributed by atoms with Crippen LogP contribution in [0.15, 0.2) is 4.42 Å². The maximum absolute atomic E-state index is 12.9. The fraction of sp³-hybridized carbons (Fsp3) is 0.778. The lowest BCUT2D eigenvalue weighted by Crippen LogP contribution is -2.49. The first-order chi connectivity index (χ1) is 12.1. The molecule has 7 nitrogen and oxygen atoms in total. The first-order valence-corrected chi connectivity index (χ1v) is 9.27. The number of ether oxygens (including phenoxy) is 1. The highest BCUT2D eigenvalue weighted by molar-refractivity contribution is 5.92. The Labute approximate surface area is 148 Å². The molecule has 1 aromatic heterocycles. The summed E-state index contributed by atoms with van der Waals surface area (Å²) in [7, 11) is 0. The lowest BCUT2D eigenvalue weighted by Gasteiger charge is -2.39. The maximum Gasteiger partial charge on any atom is 0.291 e. The Hall–Kier alpha value is -1.44. The monoisotopic (exact) mass is 351 g/mol. The van der Waals surface area contributed by atoms with Gasteiger partial charge in [-0.05, 0) is 25.2 Å². The molecule has 3 heterocycles. The van der Waals surface area contributed by atoms with Gasteiger partial charge < -0.3 is 19.2 Å². The number of nitrogens with zero attached hydrogens (tertiary/aromatic N) is 3. The van der Waals surface area contributed by atoms with Gasteiger partial charge in [0.05, 0.1) is 18.9 Å². The third-order valence-corrected chi connectivity index (χ3v) is 5.13. The number of piperidine rings is 1. The Morgan fingerprint density at radius 1 is 1.28 bits per heavy atom. The number of aromatic nitrogens is 1. The Balaban J connectivity index is 1.68. The van der Waals surface area contributed by atoms with Crippen molar-refractivity contribution in [1.82, 2.24) is 14.8 Å². The summed E-state index contributed by atoms with van der Waals surface area (Å²) in [5.74, 6) is 1.33. The molecule has 2 atom stereocenters. The SMILES string of the molecule is CCc1nc(C)c(C(=O)N2C[C@@H](CN3CCOCC3)C[C@H](CO)C2)o1. The molecule has 140 valence electrons. The Bertz CT molecular complexity index is 583. The van der Waals surface area contributed by atoms with Crippen LogP contribution in [0.25, 0.3) is 0 Å². The van der Waals surface area contributed by atoms with E-state index in [0.717, 1.165) is 39.3 Å². The molecule has 0 radical (unpaired) electrons. The summed E-state index contributed by atoms with van der Waals surface area (Å²) < 4.78 is 11.0. The highest BCUT2D eigenvalue weighted by Crippen LogP contribution is 2.25. The molecule has 1 amide bonds. The van der Waals surface area contributed by atoms with Crippen LogP contribution in [-0.2, 0) is 11.2 Å². The van der Waals surface area contributed by atoms with E-state index < -0.39 is 0 Å². The molecule has 2 aliphatic heterocycles. The van der Waals surface area contributed by atoms with Crippen LogP contribution in [-0.4, -0.2) is 78.3 Å². The zero-order chi connectivity index (χ0) is 17.8. The van der Waals surface area contributed by atoms with Crippen molar-refractivity contribution in [3.8, 4) is 0 Å². The molecule has 2 fully saturated rings. The summed E-state index contributed by atoms with van der Waals surface area (Å²) in [6.45, 7) is 9.54. The molecule has 0 spiro atoms. The number of aryl methyl sites for hydroxylation is 2. The quantitative estimate of drug-likeness (QED) is 0.851. The molecule has 25 heavy (non-hydrogen) atoms. The van der Waals surface area contributed by atoms with Crippen LogP contribution in [0.2, 0.25) is 0 Å². The van der Waals surface area contributed by atoms with Gasteiger partial charge in [0.15, 0.2) is 5.89 Å². The van der Waals surface area contributed by atoms with Gasteiger partial charge in [0.25, 0.3) is 5.91 Å². The second-order valence-corrected chi connectivity index (χ2v) is 7.15. The highest BCUT2D eigenvalue weighted by Gasteiger charge is 2.33. The highest BCUT2D eigenvalue weighted by atomic mass is 16.5. The van der Waals surface area contributed by atoms with E-state index in [1.807, 2.05) is 18.7 Å². The van der Waals surface area contributed by atoms with Crippen LogP contribution in [0.4, 0.5) is 0 Å². The van der Waals surface area contributed by atoms with Gasteiger partial charge in [-0.15, -0.1) is 0 Å². The molecule has 0 aromatic carbocycles. The molecule has 1 N–H and O–H groups in total. The van der Waals surface area contributed by atoms with Crippen molar-refractivity contribution in [3.63, 3.8) is 0 Å². The predicted molar refractivity (Wildman–Crippen MR) is 92.5 cm³/mol. The van der Waals surface area contributed by atoms with Gasteiger partial charge in [-0.2, -0.15) is 0 Å². The number of oxazole rings is 1. The normalized spacial score (nSPS) is 25.3. The van der Waals surface area contributed by atoms with Gasteiger partial charge in [0, 0.05) is 45.8 Å². The van der Waals surface area contributed by atoms with E-state index in [0.29, 0.717) is 42.8 Å². The number of carbonyl (C=O) groups is 1. The van der Waals surface area contributed by atoms with E-state index in [4.69, 9.17) is 9.15 Å². The number of amides is 1. The molecule has 0 aliphatic carbocycles. The van der Waals surface area contributed by atoms with Gasteiger partial charge in [0.1, 0.15) is 0 Å². The zero-order valence-corrected chi connectivity index (χ0v) is 15.2. The lowest BCUT2D eigenvalue weighted by atomic mass is 9.89.